The smallest absolute Gasteiger partial charge is 0.0708 e. The van der Waals surface area contributed by atoms with E-state index in [-0.39, 0.29) is 12.1 Å². The molecule has 0 unspecified atom stereocenters. The van der Waals surface area contributed by atoms with E-state index in [1.807, 2.05) is 24.3 Å². The zero-order valence-corrected chi connectivity index (χ0v) is 13.9. The molecule has 4 N–H and O–H groups in total. The van der Waals surface area contributed by atoms with Crippen LogP contribution >= 0.6 is 0 Å². The Morgan fingerprint density at radius 3 is 2.59 bits per heavy atom. The molecule has 1 rings (SSSR count). The van der Waals surface area contributed by atoms with Crippen molar-refractivity contribution in [1.29, 1.82) is 0 Å². The lowest BCUT2D eigenvalue weighted by Gasteiger charge is -2.29. The summed E-state index contributed by atoms with van der Waals surface area (Å²) in [5, 5.41) is 13.9. The third-order valence-electron chi connectivity index (χ3n) is 4.05. The molecule has 0 aliphatic rings. The molecular weight excluding hydrogens is 272 g/mol. The molecule has 0 fully saturated rings. The second kappa shape index (κ2) is 11.4. The maximum absolute atomic E-state index is 10.5. The number of nitrogens with one attached hydrogen (secondary N) is 1. The highest BCUT2D eigenvalue weighted by Gasteiger charge is 2.24. The molecule has 124 valence electrons. The van der Waals surface area contributed by atoms with Crippen molar-refractivity contribution in [2.75, 3.05) is 0 Å². The molecule has 0 saturated carbocycles. The van der Waals surface area contributed by atoms with Crippen LogP contribution in [0.4, 0.5) is 0 Å². The van der Waals surface area contributed by atoms with Gasteiger partial charge in [0.05, 0.1) is 6.10 Å². The number of benzene rings is 1. The van der Waals surface area contributed by atoms with Crippen LogP contribution in [0, 0.1) is 0 Å². The molecule has 0 heterocycles. The average molecular weight is 304 g/mol. The first-order valence-corrected chi connectivity index (χ1v) is 8.50. The minimum absolute atomic E-state index is 0.0974. The summed E-state index contributed by atoms with van der Waals surface area (Å²) in [5.74, 6) is 0. The molecule has 0 amide bonds. The van der Waals surface area contributed by atoms with Crippen molar-refractivity contribution in [3.63, 3.8) is 0 Å². The van der Waals surface area contributed by atoms with Gasteiger partial charge in [-0.1, -0.05) is 69.0 Å². The second-order valence-corrected chi connectivity index (χ2v) is 6.00. The summed E-state index contributed by atoms with van der Waals surface area (Å²) in [7, 11) is 0. The van der Waals surface area contributed by atoms with Gasteiger partial charge < -0.3 is 16.2 Å². The zero-order chi connectivity index (χ0) is 16.2. The number of hydrogen-bond donors (Lipinski definition) is 3. The molecule has 22 heavy (non-hydrogen) atoms. The highest BCUT2D eigenvalue weighted by molar-refractivity contribution is 5.14. The summed E-state index contributed by atoms with van der Waals surface area (Å²) in [4.78, 5) is 0. The standard InChI is InChI=1S/C19H32N2O/c1-3-5-6-10-14-18(22)19(17(20)11-4-2)21-15-16-12-8-7-9-13-16/h4,7-9,12-13,17-19,21-22H,2-3,5-6,10-11,14-15,20H2,1H3/t17-,18-,19+/m0/s1. The Kier molecular flexibility index (Phi) is 9.80. The highest BCUT2D eigenvalue weighted by atomic mass is 16.3. The highest BCUT2D eigenvalue weighted by Crippen LogP contribution is 2.12. The molecular formula is C19H32N2O. The summed E-state index contributed by atoms with van der Waals surface area (Å²) in [5.41, 5.74) is 7.44. The topological polar surface area (TPSA) is 58.3 Å². The van der Waals surface area contributed by atoms with Crippen molar-refractivity contribution in [2.24, 2.45) is 5.73 Å². The quantitative estimate of drug-likeness (QED) is 0.410. The van der Waals surface area contributed by atoms with Gasteiger partial charge in [0, 0.05) is 18.6 Å². The zero-order valence-electron chi connectivity index (χ0n) is 13.9. The Labute approximate surface area is 135 Å². The molecule has 1 aromatic rings. The van der Waals surface area contributed by atoms with Crippen LogP contribution < -0.4 is 11.1 Å². The van der Waals surface area contributed by atoms with Crippen molar-refractivity contribution >= 4 is 0 Å². The van der Waals surface area contributed by atoms with Crippen LogP contribution in [0.1, 0.15) is 51.0 Å². The maximum atomic E-state index is 10.5. The lowest BCUT2D eigenvalue weighted by atomic mass is 9.95. The van der Waals surface area contributed by atoms with Crippen LogP contribution in [0.2, 0.25) is 0 Å². The lowest BCUT2D eigenvalue weighted by Crippen LogP contribution is -2.51. The van der Waals surface area contributed by atoms with Gasteiger partial charge in [-0.05, 0) is 18.4 Å². The molecule has 1 aromatic carbocycles. The molecule has 0 aliphatic carbocycles. The second-order valence-electron chi connectivity index (χ2n) is 6.00. The van der Waals surface area contributed by atoms with E-state index < -0.39 is 6.10 Å². The Hall–Kier alpha value is -1.16. The van der Waals surface area contributed by atoms with Crippen molar-refractivity contribution in [2.45, 2.75) is 70.2 Å². The molecule has 0 bridgehead atoms. The lowest BCUT2D eigenvalue weighted by molar-refractivity contribution is 0.102. The van der Waals surface area contributed by atoms with Crippen LogP contribution in [0.25, 0.3) is 0 Å². The molecule has 0 saturated heterocycles. The number of aliphatic hydroxyl groups is 1. The van der Waals surface area contributed by atoms with E-state index in [0.717, 1.165) is 19.4 Å². The van der Waals surface area contributed by atoms with E-state index in [1.165, 1.54) is 24.8 Å². The first-order chi connectivity index (χ1) is 10.7. The van der Waals surface area contributed by atoms with E-state index >= 15 is 0 Å². The van der Waals surface area contributed by atoms with Gasteiger partial charge in [-0.3, -0.25) is 0 Å². The van der Waals surface area contributed by atoms with Crippen molar-refractivity contribution in [3.05, 3.63) is 48.6 Å². The molecule has 0 aromatic heterocycles. The fourth-order valence-corrected chi connectivity index (χ4v) is 2.70. The first-order valence-electron chi connectivity index (χ1n) is 8.50. The Bertz CT molecular complexity index is 394. The summed E-state index contributed by atoms with van der Waals surface area (Å²) in [6, 6.07) is 10.0. The van der Waals surface area contributed by atoms with Crippen molar-refractivity contribution in [3.8, 4) is 0 Å². The number of rotatable bonds is 12. The summed E-state index contributed by atoms with van der Waals surface area (Å²) < 4.78 is 0. The van der Waals surface area contributed by atoms with Crippen LogP contribution in [0.3, 0.4) is 0 Å². The monoisotopic (exact) mass is 304 g/mol. The van der Waals surface area contributed by atoms with Gasteiger partial charge in [-0.15, -0.1) is 6.58 Å². The van der Waals surface area contributed by atoms with Gasteiger partial charge in [0.25, 0.3) is 0 Å². The van der Waals surface area contributed by atoms with E-state index in [4.69, 9.17) is 5.73 Å². The van der Waals surface area contributed by atoms with Gasteiger partial charge in [0.1, 0.15) is 0 Å². The van der Waals surface area contributed by atoms with E-state index in [2.05, 4.69) is 31.0 Å². The first kappa shape index (κ1) is 18.9. The Morgan fingerprint density at radius 1 is 1.23 bits per heavy atom. The van der Waals surface area contributed by atoms with Gasteiger partial charge in [0.15, 0.2) is 0 Å². The SMILES string of the molecule is C=CC[C@H](N)[C@@H](NCc1ccccc1)[C@@H](O)CCCCCC. The van der Waals surface area contributed by atoms with Crippen LogP contribution in [0.15, 0.2) is 43.0 Å². The molecule has 0 spiro atoms. The van der Waals surface area contributed by atoms with Crippen molar-refractivity contribution in [1.82, 2.24) is 5.32 Å². The van der Waals surface area contributed by atoms with E-state index in [0.29, 0.717) is 6.42 Å². The predicted molar refractivity (Wildman–Crippen MR) is 94.6 cm³/mol. The third kappa shape index (κ3) is 7.21. The predicted octanol–water partition coefficient (Wildman–Crippen LogP) is 3.38. The number of nitrogens with two attached hydrogens (primary N) is 1. The fraction of sp³-hybridized carbons (Fsp3) is 0.579. The maximum Gasteiger partial charge on any atom is 0.0708 e. The van der Waals surface area contributed by atoms with Crippen LogP contribution in [0.5, 0.6) is 0 Å². The number of hydrogen-bond acceptors (Lipinski definition) is 3. The molecule has 0 radical (unpaired) electrons. The summed E-state index contributed by atoms with van der Waals surface area (Å²) >= 11 is 0. The third-order valence-corrected chi connectivity index (χ3v) is 4.05. The number of aliphatic hydroxyl groups excluding tert-OH is 1. The normalized spacial score (nSPS) is 15.2. The molecule has 3 nitrogen and oxygen atoms in total. The number of unbranched alkanes of at least 4 members (excludes halogenated alkanes) is 3. The summed E-state index contributed by atoms with van der Waals surface area (Å²) in [6.07, 6.45) is 7.60. The van der Waals surface area contributed by atoms with Gasteiger partial charge >= 0.3 is 0 Å². The van der Waals surface area contributed by atoms with E-state index in [1.54, 1.807) is 0 Å². The molecule has 3 atom stereocenters. The van der Waals surface area contributed by atoms with Gasteiger partial charge in [-0.25, -0.2) is 0 Å². The van der Waals surface area contributed by atoms with E-state index in [9.17, 15) is 5.11 Å². The minimum atomic E-state index is -0.407. The van der Waals surface area contributed by atoms with Crippen LogP contribution in [-0.4, -0.2) is 23.3 Å². The molecule has 0 aliphatic heterocycles. The Balaban J connectivity index is 2.52. The largest absolute Gasteiger partial charge is 0.391 e. The summed E-state index contributed by atoms with van der Waals surface area (Å²) in [6.45, 7) is 6.68. The fourth-order valence-electron chi connectivity index (χ4n) is 2.70. The van der Waals surface area contributed by atoms with Gasteiger partial charge in [-0.2, -0.15) is 0 Å². The molecule has 3 heteroatoms. The van der Waals surface area contributed by atoms with Crippen LogP contribution in [-0.2, 0) is 6.54 Å². The Morgan fingerprint density at radius 2 is 1.95 bits per heavy atom. The van der Waals surface area contributed by atoms with Gasteiger partial charge in [0.2, 0.25) is 0 Å². The average Bonchev–Trinajstić information content (AvgIpc) is 2.53. The minimum Gasteiger partial charge on any atom is -0.391 e. The van der Waals surface area contributed by atoms with Crippen molar-refractivity contribution < 1.29 is 5.11 Å².